The Morgan fingerprint density at radius 2 is 1.72 bits per heavy atom. The summed E-state index contributed by atoms with van der Waals surface area (Å²) in [6.07, 6.45) is 3.52. The van der Waals surface area contributed by atoms with Crippen LogP contribution in [0.2, 0.25) is 0 Å². The van der Waals surface area contributed by atoms with E-state index in [0.29, 0.717) is 17.7 Å². The van der Waals surface area contributed by atoms with Crippen LogP contribution in [0, 0.1) is 0 Å². The van der Waals surface area contributed by atoms with Crippen LogP contribution in [0.4, 0.5) is 0 Å². The van der Waals surface area contributed by atoms with Gasteiger partial charge in [0, 0.05) is 11.6 Å². The van der Waals surface area contributed by atoms with Gasteiger partial charge in [0.15, 0.2) is 17.3 Å². The zero-order chi connectivity index (χ0) is 23.7. The molecule has 2 aromatic rings. The molecule has 0 heterocycles. The minimum Gasteiger partial charge on any atom is -0.504 e. The van der Waals surface area contributed by atoms with Gasteiger partial charge in [-0.3, -0.25) is 9.59 Å². The van der Waals surface area contributed by atoms with Gasteiger partial charge >= 0.3 is 5.97 Å². The fourth-order valence-corrected chi connectivity index (χ4v) is 3.25. The SMILES string of the molecule is C=CCOc1cc(OCC=C)c(C(=O)c2ccc(O)c(OC)c2)c(C(CC)C(=O)OC)c1. The van der Waals surface area contributed by atoms with Gasteiger partial charge in [-0.25, -0.2) is 0 Å². The molecule has 0 aliphatic heterocycles. The maximum Gasteiger partial charge on any atom is 0.313 e. The maximum atomic E-state index is 13.6. The highest BCUT2D eigenvalue weighted by atomic mass is 16.5. The van der Waals surface area contributed by atoms with Gasteiger partial charge in [-0.2, -0.15) is 0 Å². The third kappa shape index (κ3) is 5.49. The van der Waals surface area contributed by atoms with Gasteiger partial charge < -0.3 is 24.1 Å². The van der Waals surface area contributed by atoms with E-state index in [1.54, 1.807) is 24.3 Å². The lowest BCUT2D eigenvalue weighted by Crippen LogP contribution is -2.19. The maximum absolute atomic E-state index is 13.6. The van der Waals surface area contributed by atoms with Crippen molar-refractivity contribution >= 4 is 11.8 Å². The predicted octanol–water partition coefficient (Wildman–Crippen LogP) is 4.43. The van der Waals surface area contributed by atoms with Crippen molar-refractivity contribution in [2.24, 2.45) is 0 Å². The highest BCUT2D eigenvalue weighted by molar-refractivity contribution is 6.12. The van der Waals surface area contributed by atoms with Crippen LogP contribution in [-0.4, -0.2) is 44.3 Å². The lowest BCUT2D eigenvalue weighted by Gasteiger charge is -2.21. The molecule has 2 rings (SSSR count). The van der Waals surface area contributed by atoms with Crippen LogP contribution in [0.3, 0.4) is 0 Å². The molecule has 0 aromatic heterocycles. The molecule has 2 aromatic carbocycles. The minimum atomic E-state index is -0.726. The van der Waals surface area contributed by atoms with E-state index >= 15 is 0 Å². The number of hydrogen-bond donors (Lipinski definition) is 1. The Hall–Kier alpha value is -3.74. The van der Waals surface area contributed by atoms with Crippen molar-refractivity contribution in [2.45, 2.75) is 19.3 Å². The van der Waals surface area contributed by atoms with Crippen molar-refractivity contribution in [1.82, 2.24) is 0 Å². The summed E-state index contributed by atoms with van der Waals surface area (Å²) in [4.78, 5) is 26.2. The summed E-state index contributed by atoms with van der Waals surface area (Å²) in [7, 11) is 2.69. The summed E-state index contributed by atoms with van der Waals surface area (Å²) in [5.74, 6) is -0.910. The lowest BCUT2D eigenvalue weighted by molar-refractivity contribution is -0.142. The first-order chi connectivity index (χ1) is 15.4. The quantitative estimate of drug-likeness (QED) is 0.297. The van der Waals surface area contributed by atoms with Crippen LogP contribution >= 0.6 is 0 Å². The Balaban J connectivity index is 2.77. The normalized spacial score (nSPS) is 11.2. The lowest BCUT2D eigenvalue weighted by atomic mass is 9.87. The average molecular weight is 440 g/mol. The van der Waals surface area contributed by atoms with Crippen LogP contribution in [0.1, 0.15) is 40.7 Å². The summed E-state index contributed by atoms with van der Waals surface area (Å²) in [5.41, 5.74) is 0.864. The number of phenols is 1. The largest absolute Gasteiger partial charge is 0.504 e. The Labute approximate surface area is 187 Å². The molecule has 7 heteroatoms. The molecule has 1 unspecified atom stereocenters. The molecule has 0 amide bonds. The number of rotatable bonds is 12. The molecule has 0 aliphatic carbocycles. The van der Waals surface area contributed by atoms with Crippen LogP contribution < -0.4 is 14.2 Å². The van der Waals surface area contributed by atoms with Crippen molar-refractivity contribution in [2.75, 3.05) is 27.4 Å². The fraction of sp³-hybridized carbons (Fsp3) is 0.280. The van der Waals surface area contributed by atoms with Gasteiger partial charge in [-0.05, 0) is 36.2 Å². The Morgan fingerprint density at radius 1 is 1.03 bits per heavy atom. The van der Waals surface area contributed by atoms with Crippen LogP contribution in [0.15, 0.2) is 55.6 Å². The molecule has 0 saturated heterocycles. The molecule has 170 valence electrons. The second-order valence-corrected chi connectivity index (χ2v) is 6.78. The smallest absolute Gasteiger partial charge is 0.313 e. The van der Waals surface area contributed by atoms with E-state index in [1.165, 1.54) is 32.4 Å². The number of hydrogen-bond acceptors (Lipinski definition) is 7. The molecule has 1 atom stereocenters. The molecule has 0 spiro atoms. The van der Waals surface area contributed by atoms with E-state index in [2.05, 4.69) is 13.2 Å². The Bertz CT molecular complexity index is 994. The standard InChI is InChI=1S/C25H28O7/c1-6-11-31-17-14-19(18(8-3)25(28)30-5)23(22(15-17)32-12-7-2)24(27)16-9-10-20(26)21(13-16)29-4/h6-7,9-10,13-15,18,26H,1-2,8,11-12H2,3-5H3. The average Bonchev–Trinajstić information content (AvgIpc) is 2.81. The first-order valence-electron chi connectivity index (χ1n) is 10.1. The van der Waals surface area contributed by atoms with Crippen LogP contribution in [0.25, 0.3) is 0 Å². The monoisotopic (exact) mass is 440 g/mol. The topological polar surface area (TPSA) is 91.3 Å². The van der Waals surface area contributed by atoms with Crippen molar-refractivity contribution < 1.29 is 33.6 Å². The zero-order valence-corrected chi connectivity index (χ0v) is 18.6. The van der Waals surface area contributed by atoms with E-state index in [9.17, 15) is 14.7 Å². The number of ether oxygens (including phenoxy) is 4. The molecular formula is C25H28O7. The van der Waals surface area contributed by atoms with Crippen LogP contribution in [0.5, 0.6) is 23.0 Å². The van der Waals surface area contributed by atoms with E-state index in [0.717, 1.165) is 0 Å². The zero-order valence-electron chi connectivity index (χ0n) is 18.6. The molecule has 7 nitrogen and oxygen atoms in total. The van der Waals surface area contributed by atoms with Crippen LogP contribution in [-0.2, 0) is 9.53 Å². The Morgan fingerprint density at radius 3 is 2.31 bits per heavy atom. The second kappa shape index (κ2) is 11.6. The first-order valence-corrected chi connectivity index (χ1v) is 10.1. The molecular weight excluding hydrogens is 412 g/mol. The van der Waals surface area contributed by atoms with Gasteiger partial charge in [-0.15, -0.1) is 0 Å². The number of methoxy groups -OCH3 is 2. The third-order valence-corrected chi connectivity index (χ3v) is 4.77. The van der Waals surface area contributed by atoms with E-state index < -0.39 is 17.7 Å². The summed E-state index contributed by atoms with van der Waals surface area (Å²) < 4.78 is 21.6. The third-order valence-electron chi connectivity index (χ3n) is 4.77. The molecule has 0 saturated carbocycles. The number of carbonyl (C=O) groups excluding carboxylic acids is 2. The van der Waals surface area contributed by atoms with E-state index in [-0.39, 0.29) is 41.6 Å². The number of ketones is 1. The van der Waals surface area contributed by atoms with Gasteiger partial charge in [0.05, 0.1) is 25.7 Å². The molecule has 0 fully saturated rings. The van der Waals surface area contributed by atoms with Gasteiger partial charge in [0.25, 0.3) is 0 Å². The molecule has 0 bridgehead atoms. The first kappa shape index (κ1) is 24.5. The van der Waals surface area contributed by atoms with Crippen molar-refractivity contribution in [3.63, 3.8) is 0 Å². The van der Waals surface area contributed by atoms with Gasteiger partial charge in [0.2, 0.25) is 0 Å². The van der Waals surface area contributed by atoms with Gasteiger partial charge in [0.1, 0.15) is 24.7 Å². The van der Waals surface area contributed by atoms with E-state index in [4.69, 9.17) is 18.9 Å². The summed E-state index contributed by atoms with van der Waals surface area (Å²) in [6.45, 7) is 9.49. The number of esters is 1. The number of aromatic hydroxyl groups is 1. The minimum absolute atomic E-state index is 0.0958. The summed E-state index contributed by atoms with van der Waals surface area (Å²) >= 11 is 0. The predicted molar refractivity (Wildman–Crippen MR) is 121 cm³/mol. The molecule has 1 N–H and O–H groups in total. The van der Waals surface area contributed by atoms with Crippen molar-refractivity contribution in [3.05, 3.63) is 72.3 Å². The van der Waals surface area contributed by atoms with Crippen molar-refractivity contribution in [1.29, 1.82) is 0 Å². The van der Waals surface area contributed by atoms with Crippen molar-refractivity contribution in [3.8, 4) is 23.0 Å². The number of benzene rings is 2. The summed E-state index contributed by atoms with van der Waals surface area (Å²) in [6, 6.07) is 7.50. The number of phenolic OH excluding ortho intramolecular Hbond substituents is 1. The molecule has 0 aliphatic rings. The highest BCUT2D eigenvalue weighted by Gasteiger charge is 2.30. The molecule has 0 radical (unpaired) electrons. The second-order valence-electron chi connectivity index (χ2n) is 6.78. The summed E-state index contributed by atoms with van der Waals surface area (Å²) in [5, 5.41) is 9.90. The van der Waals surface area contributed by atoms with Gasteiger partial charge in [-0.1, -0.05) is 32.2 Å². The van der Waals surface area contributed by atoms with E-state index in [1.807, 2.05) is 6.92 Å². The number of carbonyl (C=O) groups is 2. The fourth-order valence-electron chi connectivity index (χ4n) is 3.25. The highest BCUT2D eigenvalue weighted by Crippen LogP contribution is 2.38. The Kier molecular flexibility index (Phi) is 8.89. The molecule has 32 heavy (non-hydrogen) atoms.